The van der Waals surface area contributed by atoms with Crippen molar-refractivity contribution in [2.75, 3.05) is 14.7 Å². The zero-order valence-corrected chi connectivity index (χ0v) is 39.6. The Morgan fingerprint density at radius 2 is 0.620 bits per heavy atom. The topological polar surface area (TPSA) is 14.7 Å². The minimum atomic E-state index is 1.08. The lowest BCUT2D eigenvalue weighted by Gasteiger charge is -2.26. The average molecular weight is 927 g/mol. The van der Waals surface area contributed by atoms with Gasteiger partial charge in [0.05, 0.1) is 11.0 Å². The lowest BCUT2D eigenvalue weighted by molar-refractivity contribution is 1.17. The number of anilines is 9. The number of hydrogen-bond acceptors (Lipinski definition) is 4. The fraction of sp³-hybridized carbons (Fsp3) is 0. The Morgan fingerprint density at radius 1 is 0.239 bits per heavy atom. The summed E-state index contributed by atoms with van der Waals surface area (Å²) in [6.07, 6.45) is 0. The molecule has 2 aromatic heterocycles. The molecule has 5 heteroatoms. The van der Waals surface area contributed by atoms with Gasteiger partial charge < -0.3 is 19.3 Å². The highest BCUT2D eigenvalue weighted by Crippen LogP contribution is 2.46. The molecular formula is C66H46N4S. The molecule has 0 bridgehead atoms. The van der Waals surface area contributed by atoms with Crippen LogP contribution in [-0.4, -0.2) is 4.57 Å². The van der Waals surface area contributed by atoms with Crippen LogP contribution in [0.4, 0.5) is 51.2 Å². The van der Waals surface area contributed by atoms with Gasteiger partial charge in [0, 0.05) is 87.8 Å². The quantitative estimate of drug-likeness (QED) is 0.128. The zero-order valence-electron chi connectivity index (χ0n) is 38.8. The van der Waals surface area contributed by atoms with Gasteiger partial charge in [-0.25, -0.2) is 0 Å². The number of aromatic nitrogens is 1. The molecule has 0 aliphatic rings. The van der Waals surface area contributed by atoms with Crippen molar-refractivity contribution in [1.82, 2.24) is 4.57 Å². The van der Waals surface area contributed by atoms with Gasteiger partial charge in [-0.05, 0) is 151 Å². The maximum absolute atomic E-state index is 2.42. The third kappa shape index (κ3) is 7.75. The second-order valence-corrected chi connectivity index (χ2v) is 18.9. The van der Waals surface area contributed by atoms with Crippen molar-refractivity contribution in [3.05, 3.63) is 279 Å². The van der Waals surface area contributed by atoms with Crippen molar-refractivity contribution in [1.29, 1.82) is 0 Å². The Kier molecular flexibility index (Phi) is 10.7. The first-order valence-electron chi connectivity index (χ1n) is 24.1. The van der Waals surface area contributed by atoms with E-state index in [-0.39, 0.29) is 0 Å². The van der Waals surface area contributed by atoms with Crippen LogP contribution >= 0.6 is 11.3 Å². The average Bonchev–Trinajstić information content (AvgIpc) is 3.97. The van der Waals surface area contributed by atoms with Gasteiger partial charge in [0.2, 0.25) is 0 Å². The van der Waals surface area contributed by atoms with Gasteiger partial charge in [-0.1, -0.05) is 140 Å². The molecule has 0 amide bonds. The van der Waals surface area contributed by atoms with Crippen LogP contribution in [0.5, 0.6) is 0 Å². The Morgan fingerprint density at radius 3 is 1.14 bits per heavy atom. The highest BCUT2D eigenvalue weighted by Gasteiger charge is 2.22. The SMILES string of the molecule is c1ccc(-c2cccc(N(c3ccccc3)c3ccc4c5cc(N(c6ccccc6)c6ccc7sc8ccc(N(c9ccccc9)c9ccccc9)cc8c7c6)ccc5n(-c5ccccc5)c4c3)c2)cc1. The van der Waals surface area contributed by atoms with Crippen molar-refractivity contribution >= 4 is 105 Å². The molecule has 0 fully saturated rings. The predicted octanol–water partition coefficient (Wildman–Crippen LogP) is 19.2. The second-order valence-electron chi connectivity index (χ2n) is 17.8. The van der Waals surface area contributed by atoms with Crippen molar-refractivity contribution in [3.8, 4) is 16.8 Å². The van der Waals surface area contributed by atoms with Crippen LogP contribution in [0.1, 0.15) is 0 Å². The van der Waals surface area contributed by atoms with Crippen LogP contribution in [0, 0.1) is 0 Å². The summed E-state index contributed by atoms with van der Waals surface area (Å²) in [5.41, 5.74) is 15.7. The lowest BCUT2D eigenvalue weighted by Crippen LogP contribution is -2.10. The van der Waals surface area contributed by atoms with Crippen LogP contribution < -0.4 is 14.7 Å². The van der Waals surface area contributed by atoms with Crippen LogP contribution in [-0.2, 0) is 0 Å². The normalized spacial score (nSPS) is 11.4. The van der Waals surface area contributed by atoms with Gasteiger partial charge in [-0.2, -0.15) is 0 Å². The van der Waals surface area contributed by atoms with Crippen LogP contribution in [0.2, 0.25) is 0 Å². The lowest BCUT2D eigenvalue weighted by atomic mass is 10.0. The van der Waals surface area contributed by atoms with Crippen molar-refractivity contribution in [2.45, 2.75) is 0 Å². The molecule has 2 heterocycles. The summed E-state index contributed by atoms with van der Waals surface area (Å²) in [4.78, 5) is 7.12. The first kappa shape index (κ1) is 42.0. The first-order chi connectivity index (χ1) is 35.2. The maximum atomic E-state index is 2.42. The van der Waals surface area contributed by atoms with E-state index in [1.165, 1.54) is 42.1 Å². The standard InChI is InChI=1S/C66H46N4S/c1-7-20-47(21-8-1)48-22-19-33-54(42-48)68(51-27-13-4-14-28-51)58-34-38-59-60-43-55(35-39-63(60)70(64(59)46-58)53-31-17-6-18-32-53)69(52-29-15-5-16-30-52)57-37-41-66-62(45-57)61-44-56(36-40-65(61)71-66)67(49-23-9-2-10-24-49)50-25-11-3-12-26-50/h1-46H. The predicted molar refractivity (Wildman–Crippen MR) is 303 cm³/mol. The first-order valence-corrected chi connectivity index (χ1v) is 24.9. The number of nitrogens with zero attached hydrogens (tertiary/aromatic N) is 4. The summed E-state index contributed by atoms with van der Waals surface area (Å²) in [5.74, 6) is 0. The molecule has 4 nitrogen and oxygen atoms in total. The monoisotopic (exact) mass is 926 g/mol. The molecule has 13 aromatic rings. The third-order valence-electron chi connectivity index (χ3n) is 13.5. The highest BCUT2D eigenvalue weighted by atomic mass is 32.1. The number of thiophene rings is 1. The molecule has 71 heavy (non-hydrogen) atoms. The molecule has 11 aromatic carbocycles. The van der Waals surface area contributed by atoms with Gasteiger partial charge in [-0.15, -0.1) is 11.3 Å². The summed E-state index contributed by atoms with van der Waals surface area (Å²) in [7, 11) is 0. The highest BCUT2D eigenvalue weighted by molar-refractivity contribution is 7.25. The smallest absolute Gasteiger partial charge is 0.0561 e. The number of hydrogen-bond donors (Lipinski definition) is 0. The Bertz CT molecular complexity index is 3950. The van der Waals surface area contributed by atoms with Gasteiger partial charge >= 0.3 is 0 Å². The van der Waals surface area contributed by atoms with E-state index in [9.17, 15) is 0 Å². The Balaban J connectivity index is 0.969. The van der Waals surface area contributed by atoms with E-state index in [0.717, 1.165) is 67.9 Å². The maximum Gasteiger partial charge on any atom is 0.0561 e. The fourth-order valence-electron chi connectivity index (χ4n) is 10.3. The third-order valence-corrected chi connectivity index (χ3v) is 14.6. The molecule has 0 saturated heterocycles. The molecule has 0 spiro atoms. The number of para-hydroxylation sites is 5. The second kappa shape index (κ2) is 18.1. The van der Waals surface area contributed by atoms with Crippen LogP contribution in [0.15, 0.2) is 279 Å². The van der Waals surface area contributed by atoms with E-state index in [0.29, 0.717) is 0 Å². The number of rotatable bonds is 11. The minimum absolute atomic E-state index is 1.08. The summed E-state index contributed by atoms with van der Waals surface area (Å²) in [5, 5.41) is 4.84. The molecule has 0 N–H and O–H groups in total. The van der Waals surface area contributed by atoms with Crippen molar-refractivity contribution in [3.63, 3.8) is 0 Å². The molecule has 13 rings (SSSR count). The molecule has 0 saturated carbocycles. The molecule has 0 unspecified atom stereocenters. The summed E-state index contributed by atoms with van der Waals surface area (Å²) in [6.45, 7) is 0. The van der Waals surface area contributed by atoms with Crippen molar-refractivity contribution < 1.29 is 0 Å². The molecule has 336 valence electrons. The van der Waals surface area contributed by atoms with E-state index in [1.807, 2.05) is 11.3 Å². The molecule has 0 aliphatic heterocycles. The summed E-state index contributed by atoms with van der Waals surface area (Å²) < 4.78 is 4.94. The summed E-state index contributed by atoms with van der Waals surface area (Å²) in [6, 6.07) is 101. The molecule has 0 aliphatic carbocycles. The number of fused-ring (bicyclic) bond motifs is 6. The van der Waals surface area contributed by atoms with Gasteiger partial charge in [-0.3, -0.25) is 0 Å². The minimum Gasteiger partial charge on any atom is -0.310 e. The molecular weight excluding hydrogens is 881 g/mol. The largest absolute Gasteiger partial charge is 0.310 e. The van der Waals surface area contributed by atoms with Crippen LogP contribution in [0.25, 0.3) is 58.8 Å². The van der Waals surface area contributed by atoms with E-state index in [1.54, 1.807) is 0 Å². The fourth-order valence-corrected chi connectivity index (χ4v) is 11.3. The van der Waals surface area contributed by atoms with Crippen LogP contribution in [0.3, 0.4) is 0 Å². The van der Waals surface area contributed by atoms with E-state index in [2.05, 4.69) is 298 Å². The van der Waals surface area contributed by atoms with Gasteiger partial charge in [0.15, 0.2) is 0 Å². The van der Waals surface area contributed by atoms with E-state index >= 15 is 0 Å². The van der Waals surface area contributed by atoms with E-state index < -0.39 is 0 Å². The van der Waals surface area contributed by atoms with Crippen molar-refractivity contribution in [2.24, 2.45) is 0 Å². The van der Waals surface area contributed by atoms with E-state index in [4.69, 9.17) is 0 Å². The zero-order chi connectivity index (χ0) is 47.1. The molecule has 0 atom stereocenters. The Hall–Kier alpha value is -9.16. The Labute approximate surface area is 417 Å². The number of benzene rings is 11. The summed E-state index contributed by atoms with van der Waals surface area (Å²) >= 11 is 1.85. The van der Waals surface area contributed by atoms with Gasteiger partial charge in [0.1, 0.15) is 0 Å². The molecule has 0 radical (unpaired) electrons. The van der Waals surface area contributed by atoms with Gasteiger partial charge in [0.25, 0.3) is 0 Å².